The van der Waals surface area contributed by atoms with Crippen molar-refractivity contribution in [1.29, 1.82) is 0 Å². The molecule has 0 saturated heterocycles. The third-order valence-electron chi connectivity index (χ3n) is 9.49. The van der Waals surface area contributed by atoms with Gasteiger partial charge in [-0.3, -0.25) is 18.6 Å². The molecular weight excluding hydrogens is 725 g/mol. The Morgan fingerprint density at radius 3 is 1.55 bits per heavy atom. The van der Waals surface area contributed by atoms with E-state index in [-0.39, 0.29) is 32.1 Å². The highest BCUT2D eigenvalue weighted by molar-refractivity contribution is 7.47. The molecule has 2 unspecified atom stereocenters. The summed E-state index contributed by atoms with van der Waals surface area (Å²) < 4.78 is 26.9. The maximum Gasteiger partial charge on any atom is 0.472 e. The van der Waals surface area contributed by atoms with Crippen LogP contribution in [0, 0.1) is 0 Å². The Balaban J connectivity index is 3.60. The van der Waals surface area contributed by atoms with Crippen molar-refractivity contribution in [3.05, 3.63) is 48.6 Å². The molecular formula is C46H84NO8P. The van der Waals surface area contributed by atoms with E-state index in [2.05, 4.69) is 67.8 Å². The summed E-state index contributed by atoms with van der Waals surface area (Å²) in [7, 11) is -4.42. The van der Waals surface area contributed by atoms with Gasteiger partial charge in [-0.05, 0) is 70.6 Å². The second-order valence-corrected chi connectivity index (χ2v) is 16.4. The number of amides is 1. The summed E-state index contributed by atoms with van der Waals surface area (Å²) in [6, 6.07) is 0. The number of allylic oxidation sites excluding steroid dienone is 8. The molecule has 3 N–H and O–H groups in total. The minimum atomic E-state index is -4.42. The first-order valence-electron chi connectivity index (χ1n) is 22.6. The van der Waals surface area contributed by atoms with Gasteiger partial charge in [-0.2, -0.15) is 0 Å². The third kappa shape index (κ3) is 43.1. The van der Waals surface area contributed by atoms with E-state index in [1.807, 2.05) is 0 Å². The van der Waals surface area contributed by atoms with Crippen LogP contribution in [0.25, 0.3) is 0 Å². The summed E-state index contributed by atoms with van der Waals surface area (Å²) in [5, 5.41) is 12.7. The van der Waals surface area contributed by atoms with Crippen molar-refractivity contribution in [2.75, 3.05) is 26.4 Å². The Bertz CT molecular complexity index is 1060. The quantitative estimate of drug-likeness (QED) is 0.0240. The first kappa shape index (κ1) is 54.0. The van der Waals surface area contributed by atoms with E-state index >= 15 is 0 Å². The van der Waals surface area contributed by atoms with Crippen LogP contribution in [0.3, 0.4) is 0 Å². The van der Waals surface area contributed by atoms with E-state index in [0.717, 1.165) is 64.2 Å². The van der Waals surface area contributed by atoms with E-state index in [1.165, 1.54) is 109 Å². The number of aliphatic hydroxyl groups excluding tert-OH is 1. The molecule has 0 saturated carbocycles. The van der Waals surface area contributed by atoms with Gasteiger partial charge in [0.2, 0.25) is 5.91 Å². The largest absolute Gasteiger partial charge is 0.472 e. The molecule has 0 fully saturated rings. The van der Waals surface area contributed by atoms with Gasteiger partial charge in [0.05, 0.1) is 13.2 Å². The number of carbonyl (C=O) groups excluding carboxylic acids is 2. The van der Waals surface area contributed by atoms with Gasteiger partial charge in [-0.15, -0.1) is 0 Å². The van der Waals surface area contributed by atoms with Gasteiger partial charge in [0.25, 0.3) is 0 Å². The predicted octanol–water partition coefficient (Wildman–Crippen LogP) is 12.7. The van der Waals surface area contributed by atoms with E-state index in [0.29, 0.717) is 6.42 Å². The molecule has 0 aliphatic heterocycles. The van der Waals surface area contributed by atoms with Crippen molar-refractivity contribution in [3.63, 3.8) is 0 Å². The van der Waals surface area contributed by atoms with Gasteiger partial charge in [0, 0.05) is 19.4 Å². The van der Waals surface area contributed by atoms with Crippen LogP contribution in [0.4, 0.5) is 0 Å². The van der Waals surface area contributed by atoms with Crippen LogP contribution >= 0.6 is 7.82 Å². The molecule has 0 rings (SSSR count). The van der Waals surface area contributed by atoms with E-state index in [4.69, 9.17) is 13.8 Å². The average Bonchev–Trinajstić information content (AvgIpc) is 3.18. The summed E-state index contributed by atoms with van der Waals surface area (Å²) in [6.45, 7) is 3.43. The maximum absolute atomic E-state index is 12.1. The number of aliphatic hydroxyl groups is 1. The fourth-order valence-electron chi connectivity index (χ4n) is 6.10. The first-order valence-corrected chi connectivity index (χ1v) is 24.1. The smallest absolute Gasteiger partial charge is 0.463 e. The van der Waals surface area contributed by atoms with Crippen molar-refractivity contribution < 1.29 is 37.9 Å². The van der Waals surface area contributed by atoms with Crippen molar-refractivity contribution >= 4 is 19.7 Å². The predicted molar refractivity (Wildman–Crippen MR) is 234 cm³/mol. The number of phosphoric acid groups is 1. The summed E-state index contributed by atoms with van der Waals surface area (Å²) in [5.41, 5.74) is 0. The molecule has 9 nitrogen and oxygen atoms in total. The van der Waals surface area contributed by atoms with Crippen LogP contribution in [0.1, 0.15) is 200 Å². The van der Waals surface area contributed by atoms with E-state index in [1.54, 1.807) is 0 Å². The van der Waals surface area contributed by atoms with Gasteiger partial charge in [-0.1, -0.05) is 165 Å². The lowest BCUT2D eigenvalue weighted by Crippen LogP contribution is -2.27. The summed E-state index contributed by atoms with van der Waals surface area (Å²) in [4.78, 5) is 33.9. The normalized spacial score (nSPS) is 13.7. The van der Waals surface area contributed by atoms with Gasteiger partial charge in [-0.25, -0.2) is 4.57 Å². The lowest BCUT2D eigenvalue weighted by molar-refractivity contribution is -0.147. The number of phosphoric ester groups is 1. The van der Waals surface area contributed by atoms with Crippen molar-refractivity contribution in [2.24, 2.45) is 0 Å². The minimum absolute atomic E-state index is 0.0744. The van der Waals surface area contributed by atoms with E-state index in [9.17, 15) is 24.2 Å². The SMILES string of the molecule is CC/C=C\C/C=C\C/C=C\CCCCCCCCCC(=O)NCCOP(=O)(O)OCC(O)COC(=O)CCCCCCCCC/C=C\CCCCCCCCC. The monoisotopic (exact) mass is 810 g/mol. The van der Waals surface area contributed by atoms with Crippen LogP contribution in [0.15, 0.2) is 48.6 Å². The molecule has 0 aromatic carbocycles. The molecule has 0 aliphatic rings. The molecule has 10 heteroatoms. The lowest BCUT2D eigenvalue weighted by Gasteiger charge is -2.15. The number of carbonyl (C=O) groups is 2. The number of nitrogens with one attached hydrogen (secondary N) is 1. The number of hydrogen-bond acceptors (Lipinski definition) is 7. The van der Waals surface area contributed by atoms with Crippen molar-refractivity contribution in [2.45, 2.75) is 206 Å². The van der Waals surface area contributed by atoms with Crippen LogP contribution in [0.2, 0.25) is 0 Å². The number of ether oxygens (including phenoxy) is 1. The second kappa shape index (κ2) is 42.6. The van der Waals surface area contributed by atoms with Gasteiger partial charge >= 0.3 is 13.8 Å². The fraction of sp³-hybridized carbons (Fsp3) is 0.783. The zero-order chi connectivity index (χ0) is 41.1. The summed E-state index contributed by atoms with van der Waals surface area (Å²) in [6.07, 6.45) is 48.9. The standard InChI is InChI=1S/C46H84NO8P/c1-3-5-7-9-11-13-15-17-19-21-23-25-27-29-31-33-35-37-39-46(50)53-42-44(48)43-55-56(51,52)54-41-40-47-45(49)38-36-34-32-30-28-26-24-22-20-18-16-14-12-10-8-6-4-2/h6,8,12,14,18-21,44,48H,3-5,7,9-11,13,15-17,22-43H2,1-2H3,(H,47,49)(H,51,52)/b8-6-,14-12-,20-18-,21-19-. The average molecular weight is 810 g/mol. The molecule has 0 spiro atoms. The highest BCUT2D eigenvalue weighted by Crippen LogP contribution is 2.42. The van der Waals surface area contributed by atoms with Crippen molar-refractivity contribution in [3.8, 4) is 0 Å². The van der Waals surface area contributed by atoms with E-state index < -0.39 is 26.5 Å². The maximum atomic E-state index is 12.1. The molecule has 0 radical (unpaired) electrons. The van der Waals surface area contributed by atoms with Crippen molar-refractivity contribution in [1.82, 2.24) is 5.32 Å². The van der Waals surface area contributed by atoms with Crippen LogP contribution in [-0.4, -0.2) is 54.3 Å². The summed E-state index contributed by atoms with van der Waals surface area (Å²) >= 11 is 0. The molecule has 0 bridgehead atoms. The molecule has 56 heavy (non-hydrogen) atoms. The second-order valence-electron chi connectivity index (χ2n) is 15.0. The molecule has 2 atom stereocenters. The number of rotatable bonds is 42. The van der Waals surface area contributed by atoms with Gasteiger partial charge in [0.15, 0.2) is 0 Å². The Hall–Kier alpha value is -2.03. The van der Waals surface area contributed by atoms with Crippen LogP contribution < -0.4 is 5.32 Å². The van der Waals surface area contributed by atoms with Gasteiger partial charge in [0.1, 0.15) is 12.7 Å². The highest BCUT2D eigenvalue weighted by Gasteiger charge is 2.23. The minimum Gasteiger partial charge on any atom is -0.463 e. The number of unbranched alkanes of at least 4 members (excludes halogenated alkanes) is 21. The molecule has 0 aromatic heterocycles. The summed E-state index contributed by atoms with van der Waals surface area (Å²) in [5.74, 6) is -0.530. The number of hydrogen-bond donors (Lipinski definition) is 3. The number of esters is 1. The Morgan fingerprint density at radius 1 is 0.571 bits per heavy atom. The van der Waals surface area contributed by atoms with Gasteiger partial charge < -0.3 is 20.1 Å². The molecule has 0 heterocycles. The molecule has 0 aromatic rings. The molecule has 326 valence electrons. The fourth-order valence-corrected chi connectivity index (χ4v) is 6.85. The first-order chi connectivity index (χ1) is 27.3. The Kier molecular flexibility index (Phi) is 41.0. The van der Waals surface area contributed by atoms with Crippen LogP contribution in [-0.2, 0) is 27.9 Å². The highest BCUT2D eigenvalue weighted by atomic mass is 31.2. The molecule has 1 amide bonds. The zero-order valence-electron chi connectivity index (χ0n) is 35.8. The Morgan fingerprint density at radius 2 is 1.02 bits per heavy atom. The zero-order valence-corrected chi connectivity index (χ0v) is 36.7. The topological polar surface area (TPSA) is 131 Å². The lowest BCUT2D eigenvalue weighted by atomic mass is 10.1. The Labute approximate surface area is 343 Å². The molecule has 0 aliphatic carbocycles. The third-order valence-corrected chi connectivity index (χ3v) is 10.5. The van der Waals surface area contributed by atoms with Crippen LogP contribution in [0.5, 0.6) is 0 Å².